The molecule has 0 saturated heterocycles. The fourth-order valence-corrected chi connectivity index (χ4v) is 4.82. The molecule has 0 radical (unpaired) electrons. The van der Waals surface area contributed by atoms with Gasteiger partial charge in [-0.3, -0.25) is 29.6 Å². The van der Waals surface area contributed by atoms with Crippen molar-refractivity contribution < 1.29 is 9.59 Å². The van der Waals surface area contributed by atoms with Gasteiger partial charge in [0.25, 0.3) is 11.8 Å². The lowest BCUT2D eigenvalue weighted by Crippen LogP contribution is -2.44. The molecule has 2 heterocycles. The third-order valence-electron chi connectivity index (χ3n) is 5.14. The van der Waals surface area contributed by atoms with Crippen molar-refractivity contribution in [2.45, 2.75) is 38.6 Å². The SMILES string of the molecule is Cn1c(=O)n(CC(=O)NNC(=O)c2cc3c(s2)CCCCC3)c2ccccc21. The van der Waals surface area contributed by atoms with Crippen LogP contribution in [0.3, 0.4) is 0 Å². The van der Waals surface area contributed by atoms with Gasteiger partial charge < -0.3 is 0 Å². The first-order valence-electron chi connectivity index (χ1n) is 9.39. The summed E-state index contributed by atoms with van der Waals surface area (Å²) in [5.41, 5.74) is 7.30. The summed E-state index contributed by atoms with van der Waals surface area (Å²) >= 11 is 1.50. The largest absolute Gasteiger partial charge is 0.329 e. The Morgan fingerprint density at radius 1 is 1.07 bits per heavy atom. The van der Waals surface area contributed by atoms with Crippen LogP contribution in [0, 0.1) is 0 Å². The number of hydrazine groups is 1. The maximum atomic E-state index is 12.4. The third kappa shape index (κ3) is 3.47. The zero-order valence-electron chi connectivity index (χ0n) is 15.7. The minimum absolute atomic E-state index is 0.165. The van der Waals surface area contributed by atoms with E-state index in [4.69, 9.17) is 0 Å². The highest BCUT2D eigenvalue weighted by Gasteiger charge is 2.18. The van der Waals surface area contributed by atoms with Crippen molar-refractivity contribution in [2.75, 3.05) is 0 Å². The van der Waals surface area contributed by atoms with E-state index in [1.54, 1.807) is 13.1 Å². The van der Waals surface area contributed by atoms with Gasteiger partial charge in [0, 0.05) is 11.9 Å². The average Bonchev–Trinajstić information content (AvgIpc) is 3.12. The molecular formula is C20H22N4O3S. The van der Waals surface area contributed by atoms with Gasteiger partial charge in [-0.05, 0) is 49.4 Å². The number of aryl methyl sites for hydroxylation is 3. The summed E-state index contributed by atoms with van der Waals surface area (Å²) in [5.74, 6) is -0.776. The lowest BCUT2D eigenvalue weighted by molar-refractivity contribution is -0.122. The monoisotopic (exact) mass is 398 g/mol. The topological polar surface area (TPSA) is 85.1 Å². The van der Waals surface area contributed by atoms with Gasteiger partial charge in [-0.2, -0.15) is 0 Å². The highest BCUT2D eigenvalue weighted by Crippen LogP contribution is 2.28. The molecule has 2 N–H and O–H groups in total. The zero-order valence-corrected chi connectivity index (χ0v) is 16.5. The van der Waals surface area contributed by atoms with Gasteiger partial charge >= 0.3 is 5.69 Å². The van der Waals surface area contributed by atoms with Gasteiger partial charge in [0.2, 0.25) is 0 Å². The van der Waals surface area contributed by atoms with E-state index in [1.807, 2.05) is 24.3 Å². The molecule has 4 rings (SSSR count). The molecule has 1 aromatic carbocycles. The summed E-state index contributed by atoms with van der Waals surface area (Å²) in [5, 5.41) is 0. The fraction of sp³-hybridized carbons (Fsp3) is 0.350. The lowest BCUT2D eigenvalue weighted by atomic mass is 10.1. The predicted molar refractivity (Wildman–Crippen MR) is 108 cm³/mol. The van der Waals surface area contributed by atoms with Crippen molar-refractivity contribution in [3.63, 3.8) is 0 Å². The van der Waals surface area contributed by atoms with Gasteiger partial charge in [-0.25, -0.2) is 4.79 Å². The number of aromatic nitrogens is 2. The predicted octanol–water partition coefficient (Wildman–Crippen LogP) is 2.13. The van der Waals surface area contributed by atoms with Crippen molar-refractivity contribution in [3.8, 4) is 0 Å². The Hall–Kier alpha value is -2.87. The first-order chi connectivity index (χ1) is 13.5. The summed E-state index contributed by atoms with van der Waals surface area (Å²) < 4.78 is 2.89. The summed E-state index contributed by atoms with van der Waals surface area (Å²) in [6.07, 6.45) is 5.57. The third-order valence-corrected chi connectivity index (χ3v) is 6.38. The van der Waals surface area contributed by atoms with Crippen LogP contribution in [0.25, 0.3) is 11.0 Å². The molecule has 0 aliphatic heterocycles. The van der Waals surface area contributed by atoms with Crippen LogP contribution in [0.4, 0.5) is 0 Å². The van der Waals surface area contributed by atoms with E-state index in [-0.39, 0.29) is 18.1 Å². The van der Waals surface area contributed by atoms with Crippen molar-refractivity contribution in [3.05, 3.63) is 56.1 Å². The Labute approximate surface area is 165 Å². The molecule has 0 fully saturated rings. The molecule has 0 unspecified atom stereocenters. The molecule has 2 aromatic heterocycles. The molecule has 28 heavy (non-hydrogen) atoms. The second-order valence-electron chi connectivity index (χ2n) is 7.04. The van der Waals surface area contributed by atoms with Gasteiger partial charge in [0.15, 0.2) is 0 Å². The smallest absolute Gasteiger partial charge is 0.295 e. The number of hydrogen-bond donors (Lipinski definition) is 2. The van der Waals surface area contributed by atoms with Crippen LogP contribution in [0.2, 0.25) is 0 Å². The van der Waals surface area contributed by atoms with Crippen LogP contribution in [-0.4, -0.2) is 20.9 Å². The number of nitrogens with one attached hydrogen (secondary N) is 2. The molecule has 0 spiro atoms. The summed E-state index contributed by atoms with van der Waals surface area (Å²) in [6, 6.07) is 9.21. The minimum atomic E-state index is -0.454. The Morgan fingerprint density at radius 2 is 1.82 bits per heavy atom. The van der Waals surface area contributed by atoms with Crippen molar-refractivity contribution >= 4 is 34.2 Å². The number of para-hydroxylation sites is 2. The van der Waals surface area contributed by atoms with E-state index >= 15 is 0 Å². The second-order valence-corrected chi connectivity index (χ2v) is 8.18. The van der Waals surface area contributed by atoms with Crippen LogP contribution in [-0.2, 0) is 31.2 Å². The first-order valence-corrected chi connectivity index (χ1v) is 10.2. The maximum Gasteiger partial charge on any atom is 0.329 e. The Morgan fingerprint density at radius 3 is 2.64 bits per heavy atom. The molecule has 7 nitrogen and oxygen atoms in total. The number of benzene rings is 1. The van der Waals surface area contributed by atoms with Crippen LogP contribution in [0.5, 0.6) is 0 Å². The van der Waals surface area contributed by atoms with E-state index in [2.05, 4.69) is 10.9 Å². The molecule has 3 aromatic rings. The van der Waals surface area contributed by atoms with Gasteiger partial charge in [-0.15, -0.1) is 11.3 Å². The molecule has 0 bridgehead atoms. The molecule has 8 heteroatoms. The Bertz CT molecular complexity index is 1090. The molecule has 0 atom stereocenters. The summed E-state index contributed by atoms with van der Waals surface area (Å²) in [4.78, 5) is 39.0. The van der Waals surface area contributed by atoms with Gasteiger partial charge in [0.1, 0.15) is 6.54 Å². The van der Waals surface area contributed by atoms with Crippen LogP contribution in [0.15, 0.2) is 35.1 Å². The number of thiophene rings is 1. The van der Waals surface area contributed by atoms with E-state index in [0.29, 0.717) is 10.4 Å². The number of carbonyl (C=O) groups excluding carboxylic acids is 2. The Balaban J connectivity index is 1.42. The zero-order chi connectivity index (χ0) is 19.7. The maximum absolute atomic E-state index is 12.4. The number of fused-ring (bicyclic) bond motifs is 2. The lowest BCUT2D eigenvalue weighted by Gasteiger charge is -2.07. The number of rotatable bonds is 3. The van der Waals surface area contributed by atoms with Gasteiger partial charge in [0.05, 0.1) is 15.9 Å². The first kappa shape index (κ1) is 18.5. The second kappa shape index (κ2) is 7.63. The van der Waals surface area contributed by atoms with Crippen LogP contribution < -0.4 is 16.5 Å². The normalized spacial score (nSPS) is 13.8. The summed E-state index contributed by atoms with van der Waals surface area (Å²) in [7, 11) is 1.67. The van der Waals surface area contributed by atoms with E-state index in [9.17, 15) is 14.4 Å². The average molecular weight is 398 g/mol. The number of carbonyl (C=O) groups is 2. The summed E-state index contributed by atoms with van der Waals surface area (Å²) in [6.45, 7) is -0.165. The minimum Gasteiger partial charge on any atom is -0.295 e. The van der Waals surface area contributed by atoms with E-state index in [0.717, 1.165) is 31.2 Å². The fourth-order valence-electron chi connectivity index (χ4n) is 3.67. The number of hydrogen-bond acceptors (Lipinski definition) is 4. The molecule has 1 aliphatic carbocycles. The molecular weight excluding hydrogens is 376 g/mol. The van der Waals surface area contributed by atoms with Crippen LogP contribution >= 0.6 is 11.3 Å². The molecule has 146 valence electrons. The Kier molecular flexibility index (Phi) is 5.04. The van der Waals surface area contributed by atoms with Crippen LogP contribution in [0.1, 0.15) is 39.4 Å². The molecule has 1 aliphatic rings. The number of nitrogens with zero attached hydrogens (tertiary/aromatic N) is 2. The number of amides is 2. The highest BCUT2D eigenvalue weighted by atomic mass is 32.1. The van der Waals surface area contributed by atoms with Gasteiger partial charge in [-0.1, -0.05) is 18.6 Å². The quantitative estimate of drug-likeness (QED) is 0.524. The van der Waals surface area contributed by atoms with Crippen molar-refractivity contribution in [2.24, 2.45) is 7.05 Å². The number of imidazole rings is 1. The standard InChI is InChI=1S/C20H22N4O3S/c1-23-14-8-5-6-9-15(14)24(20(23)27)12-18(25)21-22-19(26)17-11-13-7-3-2-4-10-16(13)28-17/h5-6,8-9,11H,2-4,7,10,12H2,1H3,(H,21,25)(H,22,26). The highest BCUT2D eigenvalue weighted by molar-refractivity contribution is 7.14. The van der Waals surface area contributed by atoms with E-state index < -0.39 is 5.91 Å². The van der Waals surface area contributed by atoms with Crippen molar-refractivity contribution in [1.82, 2.24) is 20.0 Å². The van der Waals surface area contributed by atoms with E-state index in [1.165, 1.54) is 37.3 Å². The molecule has 0 saturated carbocycles. The van der Waals surface area contributed by atoms with Crippen molar-refractivity contribution in [1.29, 1.82) is 0 Å². The molecule has 2 amide bonds.